The summed E-state index contributed by atoms with van der Waals surface area (Å²) in [5.41, 5.74) is 0. The van der Waals surface area contributed by atoms with Crippen molar-refractivity contribution in [3.8, 4) is 0 Å². The normalized spacial score (nSPS) is 11.8. The summed E-state index contributed by atoms with van der Waals surface area (Å²) in [5, 5.41) is 0. The van der Waals surface area contributed by atoms with Gasteiger partial charge in [-0.3, -0.25) is 0 Å². The molecule has 0 aromatic carbocycles. The average Bonchev–Trinajstić information content (AvgIpc) is 2.60. The molecule has 0 nitrogen and oxygen atoms in total. The minimum absolute atomic E-state index is 0.597. The Morgan fingerprint density at radius 1 is 0.923 bits per heavy atom. The summed E-state index contributed by atoms with van der Waals surface area (Å²) in [6.07, 6.45) is 0. The van der Waals surface area contributed by atoms with Crippen LogP contribution in [-0.4, -0.2) is 14.5 Å². The van der Waals surface area contributed by atoms with Crippen LogP contribution in [0.15, 0.2) is 12.1 Å². The standard InChI is InChI=1S/C10H8S2Se/c1-5-3-7-9(11-5)10-8(13-7)4-6(2)12-10/h3-4H,1-2H3. The third-order valence-electron chi connectivity index (χ3n) is 2.07. The minimum atomic E-state index is 0.597. The molecule has 66 valence electrons. The van der Waals surface area contributed by atoms with Crippen LogP contribution in [0.4, 0.5) is 0 Å². The van der Waals surface area contributed by atoms with E-state index < -0.39 is 0 Å². The maximum absolute atomic E-state index is 2.36. The molecule has 3 heteroatoms. The predicted octanol–water partition coefficient (Wildman–Crippen LogP) is 3.79. The van der Waals surface area contributed by atoms with Crippen LogP contribution >= 0.6 is 22.7 Å². The van der Waals surface area contributed by atoms with E-state index in [0.717, 1.165) is 0 Å². The molecule has 0 unspecified atom stereocenters. The Labute approximate surface area is 90.6 Å². The number of rotatable bonds is 0. The molecule has 0 aliphatic rings. The molecule has 0 aliphatic heterocycles. The Balaban J connectivity index is 2.56. The number of thiophene rings is 2. The molecule has 3 heterocycles. The van der Waals surface area contributed by atoms with E-state index in [0.29, 0.717) is 14.5 Å². The van der Waals surface area contributed by atoms with Crippen molar-refractivity contribution in [2.45, 2.75) is 13.8 Å². The molecule has 0 saturated carbocycles. The molecule has 0 spiro atoms. The van der Waals surface area contributed by atoms with Crippen molar-refractivity contribution in [1.29, 1.82) is 0 Å². The van der Waals surface area contributed by atoms with Crippen LogP contribution < -0.4 is 0 Å². The first-order valence-electron chi connectivity index (χ1n) is 4.13. The van der Waals surface area contributed by atoms with Crippen LogP contribution in [0.3, 0.4) is 0 Å². The molecule has 3 rings (SSSR count). The molecule has 0 fully saturated rings. The topological polar surface area (TPSA) is 0 Å². The van der Waals surface area contributed by atoms with Crippen molar-refractivity contribution in [2.24, 2.45) is 0 Å². The Kier molecular flexibility index (Phi) is 1.72. The average molecular weight is 271 g/mol. The second-order valence-corrected chi connectivity index (χ2v) is 7.99. The molecule has 0 saturated heterocycles. The van der Waals surface area contributed by atoms with Crippen molar-refractivity contribution in [2.75, 3.05) is 0 Å². The van der Waals surface area contributed by atoms with Crippen molar-refractivity contribution in [3.05, 3.63) is 21.9 Å². The van der Waals surface area contributed by atoms with E-state index >= 15 is 0 Å². The van der Waals surface area contributed by atoms with Crippen molar-refractivity contribution < 1.29 is 0 Å². The molecule has 3 aromatic rings. The first kappa shape index (κ1) is 8.25. The Morgan fingerprint density at radius 2 is 1.38 bits per heavy atom. The van der Waals surface area contributed by atoms with E-state index in [4.69, 9.17) is 0 Å². The molecule has 3 aromatic heterocycles. The van der Waals surface area contributed by atoms with Gasteiger partial charge in [-0.25, -0.2) is 0 Å². The molecule has 0 N–H and O–H groups in total. The van der Waals surface area contributed by atoms with Gasteiger partial charge in [0.1, 0.15) is 0 Å². The third-order valence-corrected chi connectivity index (χ3v) is 7.19. The zero-order valence-corrected chi connectivity index (χ0v) is 10.7. The van der Waals surface area contributed by atoms with Crippen LogP contribution in [0.25, 0.3) is 17.9 Å². The summed E-state index contributed by atoms with van der Waals surface area (Å²) in [6, 6.07) is 4.73. The Bertz CT molecular complexity index is 531. The van der Waals surface area contributed by atoms with Crippen LogP contribution in [-0.2, 0) is 0 Å². The maximum atomic E-state index is 2.36. The van der Waals surface area contributed by atoms with Gasteiger partial charge in [0, 0.05) is 0 Å². The molecular formula is C10H8S2Se. The number of aryl methyl sites for hydroxylation is 2. The molecule has 0 bridgehead atoms. The fourth-order valence-electron chi connectivity index (χ4n) is 1.57. The summed E-state index contributed by atoms with van der Waals surface area (Å²) in [7, 11) is 0. The predicted molar refractivity (Wildman–Crippen MR) is 63.6 cm³/mol. The van der Waals surface area contributed by atoms with Gasteiger partial charge in [-0.2, -0.15) is 0 Å². The molecule has 0 atom stereocenters. The molecule has 0 amide bonds. The molecule has 0 aliphatic carbocycles. The van der Waals surface area contributed by atoms with Crippen LogP contribution in [0.5, 0.6) is 0 Å². The fourth-order valence-corrected chi connectivity index (χ4v) is 7.43. The van der Waals surface area contributed by atoms with Crippen molar-refractivity contribution >= 4 is 55.1 Å². The first-order chi connectivity index (χ1) is 6.24. The van der Waals surface area contributed by atoms with Crippen LogP contribution in [0.1, 0.15) is 9.75 Å². The summed E-state index contributed by atoms with van der Waals surface area (Å²) < 4.78 is 6.34. The van der Waals surface area contributed by atoms with Gasteiger partial charge in [-0.05, 0) is 0 Å². The quantitative estimate of drug-likeness (QED) is 0.546. The van der Waals surface area contributed by atoms with Crippen molar-refractivity contribution in [1.82, 2.24) is 0 Å². The van der Waals surface area contributed by atoms with E-state index in [1.807, 2.05) is 22.7 Å². The fraction of sp³-hybridized carbons (Fsp3) is 0.200. The van der Waals surface area contributed by atoms with E-state index in [1.54, 1.807) is 17.9 Å². The summed E-state index contributed by atoms with van der Waals surface area (Å²) in [5.74, 6) is 0. The third kappa shape index (κ3) is 1.15. The van der Waals surface area contributed by atoms with Gasteiger partial charge in [0.15, 0.2) is 0 Å². The summed E-state index contributed by atoms with van der Waals surface area (Å²) >= 11 is 4.52. The van der Waals surface area contributed by atoms with E-state index in [-0.39, 0.29) is 0 Å². The van der Waals surface area contributed by atoms with Crippen molar-refractivity contribution in [3.63, 3.8) is 0 Å². The van der Waals surface area contributed by atoms with Gasteiger partial charge in [0.2, 0.25) is 0 Å². The zero-order chi connectivity index (χ0) is 9.00. The van der Waals surface area contributed by atoms with Gasteiger partial charge in [-0.15, -0.1) is 0 Å². The molecule has 0 radical (unpaired) electrons. The van der Waals surface area contributed by atoms with Gasteiger partial charge in [0.25, 0.3) is 0 Å². The Morgan fingerprint density at radius 3 is 1.85 bits per heavy atom. The first-order valence-corrected chi connectivity index (χ1v) is 7.48. The van der Waals surface area contributed by atoms with E-state index in [1.165, 1.54) is 9.75 Å². The number of hydrogen-bond donors (Lipinski definition) is 0. The van der Waals surface area contributed by atoms with Crippen LogP contribution in [0, 0.1) is 13.8 Å². The van der Waals surface area contributed by atoms with E-state index in [9.17, 15) is 0 Å². The van der Waals surface area contributed by atoms with Gasteiger partial charge < -0.3 is 0 Å². The summed E-state index contributed by atoms with van der Waals surface area (Å²) in [4.78, 5) is 2.92. The second-order valence-electron chi connectivity index (χ2n) is 3.20. The second kappa shape index (κ2) is 2.71. The zero-order valence-electron chi connectivity index (χ0n) is 7.38. The monoisotopic (exact) mass is 272 g/mol. The van der Waals surface area contributed by atoms with Crippen LogP contribution in [0.2, 0.25) is 0 Å². The van der Waals surface area contributed by atoms with Gasteiger partial charge >= 0.3 is 90.8 Å². The molecular weight excluding hydrogens is 263 g/mol. The van der Waals surface area contributed by atoms with E-state index in [2.05, 4.69) is 26.0 Å². The summed E-state index contributed by atoms with van der Waals surface area (Å²) in [6.45, 7) is 4.42. The SMILES string of the molecule is Cc1cc2[se]c3cc(C)sc3c2s1. The number of hydrogen-bond acceptors (Lipinski definition) is 2. The molecule has 13 heavy (non-hydrogen) atoms. The number of fused-ring (bicyclic) bond motifs is 3. The van der Waals surface area contributed by atoms with Gasteiger partial charge in [0.05, 0.1) is 0 Å². The Hall–Kier alpha value is -0.0805. The van der Waals surface area contributed by atoms with Gasteiger partial charge in [-0.1, -0.05) is 0 Å².